The average molecular weight is 289 g/mol. The van der Waals surface area contributed by atoms with Gasteiger partial charge in [0.1, 0.15) is 12.0 Å². The van der Waals surface area contributed by atoms with Crippen molar-refractivity contribution >= 4 is 17.6 Å². The second kappa shape index (κ2) is 5.75. The average Bonchev–Trinajstić information content (AvgIpc) is 2.87. The van der Waals surface area contributed by atoms with Gasteiger partial charge in [0, 0.05) is 22.8 Å². The minimum atomic E-state index is 0.0577. The molecule has 106 valence electrons. The summed E-state index contributed by atoms with van der Waals surface area (Å²) in [7, 11) is 1.60. The molecule has 0 radical (unpaired) electrons. The van der Waals surface area contributed by atoms with Gasteiger partial charge in [0.15, 0.2) is 0 Å². The lowest BCUT2D eigenvalue weighted by molar-refractivity contribution is 0.112. The zero-order chi connectivity index (χ0) is 14.8. The molecule has 0 saturated heterocycles. The van der Waals surface area contributed by atoms with Gasteiger partial charge in [0.2, 0.25) is 0 Å². The Hall–Kier alpha value is -1.68. The first-order valence-electron chi connectivity index (χ1n) is 6.51. The number of carbonyl (C=O) groups excluding carboxylic acids is 1. The zero-order valence-corrected chi connectivity index (χ0v) is 13.1. The quantitative estimate of drug-likeness (QED) is 0.802. The Morgan fingerprint density at radius 3 is 2.65 bits per heavy atom. The third-order valence-electron chi connectivity index (χ3n) is 3.14. The smallest absolute Gasteiger partial charge is 0.150 e. The molecule has 0 atom stereocenters. The highest BCUT2D eigenvalue weighted by Crippen LogP contribution is 2.26. The van der Waals surface area contributed by atoms with Crippen molar-refractivity contribution in [2.24, 2.45) is 0 Å². The van der Waals surface area contributed by atoms with E-state index in [1.54, 1.807) is 24.5 Å². The molecular formula is C16H19NO2S. The number of nitrogens with zero attached hydrogens (tertiary/aromatic N) is 1. The summed E-state index contributed by atoms with van der Waals surface area (Å²) in [5.41, 5.74) is 2.80. The van der Waals surface area contributed by atoms with E-state index in [0.29, 0.717) is 17.7 Å². The van der Waals surface area contributed by atoms with Crippen molar-refractivity contribution in [3.8, 4) is 5.75 Å². The van der Waals surface area contributed by atoms with E-state index in [2.05, 4.69) is 31.1 Å². The van der Waals surface area contributed by atoms with Crippen molar-refractivity contribution in [3.05, 3.63) is 45.4 Å². The lowest BCUT2D eigenvalue weighted by Crippen LogP contribution is -2.11. The molecule has 0 bridgehead atoms. The number of benzene rings is 1. The van der Waals surface area contributed by atoms with Crippen molar-refractivity contribution in [2.75, 3.05) is 7.11 Å². The molecular weight excluding hydrogens is 270 g/mol. The largest absolute Gasteiger partial charge is 0.497 e. The highest BCUT2D eigenvalue weighted by molar-refractivity contribution is 7.09. The van der Waals surface area contributed by atoms with Crippen molar-refractivity contribution in [3.63, 3.8) is 0 Å². The van der Waals surface area contributed by atoms with Crippen LogP contribution in [0.25, 0.3) is 0 Å². The Morgan fingerprint density at radius 2 is 2.10 bits per heavy atom. The van der Waals surface area contributed by atoms with Crippen LogP contribution in [0.1, 0.15) is 47.4 Å². The summed E-state index contributed by atoms with van der Waals surface area (Å²) in [6.07, 6.45) is 1.55. The van der Waals surface area contributed by atoms with E-state index in [0.717, 1.165) is 22.6 Å². The summed E-state index contributed by atoms with van der Waals surface area (Å²) in [6.45, 7) is 6.45. The zero-order valence-electron chi connectivity index (χ0n) is 12.3. The number of aromatic nitrogens is 1. The number of carbonyl (C=O) groups is 1. The molecule has 4 heteroatoms. The third kappa shape index (κ3) is 3.25. The topological polar surface area (TPSA) is 39.2 Å². The molecule has 0 aliphatic rings. The minimum Gasteiger partial charge on any atom is -0.497 e. The van der Waals surface area contributed by atoms with Crippen LogP contribution >= 0.6 is 11.3 Å². The molecule has 2 aromatic rings. The molecule has 0 spiro atoms. The van der Waals surface area contributed by atoms with Crippen LogP contribution in [0.5, 0.6) is 5.75 Å². The molecule has 0 aliphatic heterocycles. The van der Waals surface area contributed by atoms with Crippen LogP contribution in [-0.4, -0.2) is 18.4 Å². The molecule has 20 heavy (non-hydrogen) atoms. The Balaban J connectivity index is 2.26. The number of methoxy groups -OCH3 is 1. The van der Waals surface area contributed by atoms with Crippen LogP contribution in [0.2, 0.25) is 0 Å². The maximum Gasteiger partial charge on any atom is 0.150 e. The van der Waals surface area contributed by atoms with Gasteiger partial charge in [-0.25, -0.2) is 4.98 Å². The highest BCUT2D eigenvalue weighted by atomic mass is 32.1. The summed E-state index contributed by atoms with van der Waals surface area (Å²) in [4.78, 5) is 15.8. The van der Waals surface area contributed by atoms with E-state index in [4.69, 9.17) is 4.74 Å². The lowest BCUT2D eigenvalue weighted by atomic mass is 9.93. The second-order valence-corrected chi connectivity index (χ2v) is 6.68. The van der Waals surface area contributed by atoms with Crippen molar-refractivity contribution in [1.82, 2.24) is 4.98 Å². The van der Waals surface area contributed by atoms with Crippen molar-refractivity contribution in [1.29, 1.82) is 0 Å². The van der Waals surface area contributed by atoms with Gasteiger partial charge >= 0.3 is 0 Å². The Morgan fingerprint density at radius 1 is 1.35 bits per heavy atom. The van der Waals surface area contributed by atoms with Gasteiger partial charge in [-0.05, 0) is 17.7 Å². The van der Waals surface area contributed by atoms with E-state index in [1.165, 1.54) is 0 Å². The Kier molecular flexibility index (Phi) is 4.23. The lowest BCUT2D eigenvalue weighted by Gasteiger charge is -2.14. The third-order valence-corrected chi connectivity index (χ3v) is 3.99. The SMILES string of the molecule is COc1ccc(Cc2nc(C(C)(C)C)cs2)c(C=O)c1. The monoisotopic (exact) mass is 289 g/mol. The fraction of sp³-hybridized carbons (Fsp3) is 0.375. The predicted octanol–water partition coefficient (Wildman–Crippen LogP) is 3.85. The molecule has 1 aromatic carbocycles. The van der Waals surface area contributed by atoms with Crippen LogP contribution in [-0.2, 0) is 11.8 Å². The number of hydrogen-bond acceptors (Lipinski definition) is 4. The van der Waals surface area contributed by atoms with Gasteiger partial charge in [0.25, 0.3) is 0 Å². The van der Waals surface area contributed by atoms with E-state index < -0.39 is 0 Å². The fourth-order valence-electron chi connectivity index (χ4n) is 1.87. The van der Waals surface area contributed by atoms with Gasteiger partial charge in [-0.1, -0.05) is 26.8 Å². The maximum absolute atomic E-state index is 11.2. The normalized spacial score (nSPS) is 11.4. The number of thiazole rings is 1. The van der Waals surface area contributed by atoms with Crippen molar-refractivity contribution < 1.29 is 9.53 Å². The van der Waals surface area contributed by atoms with Crippen LogP contribution in [0, 0.1) is 0 Å². The number of ether oxygens (including phenoxy) is 1. The second-order valence-electron chi connectivity index (χ2n) is 5.74. The van der Waals surface area contributed by atoms with Gasteiger partial charge < -0.3 is 4.74 Å². The summed E-state index contributed by atoms with van der Waals surface area (Å²) in [5.74, 6) is 0.699. The molecule has 0 N–H and O–H groups in total. The number of rotatable bonds is 4. The highest BCUT2D eigenvalue weighted by Gasteiger charge is 2.17. The van der Waals surface area contributed by atoms with Crippen molar-refractivity contribution in [2.45, 2.75) is 32.6 Å². The molecule has 0 aliphatic carbocycles. The van der Waals surface area contributed by atoms with E-state index in [-0.39, 0.29) is 5.41 Å². The summed E-state index contributed by atoms with van der Waals surface area (Å²) >= 11 is 1.64. The molecule has 0 fully saturated rings. The Bertz CT molecular complexity index is 611. The molecule has 3 nitrogen and oxygen atoms in total. The standard InChI is InChI=1S/C16H19NO2S/c1-16(2,3)14-10-20-15(17-14)8-11-5-6-13(19-4)7-12(11)9-18/h5-7,9-10H,8H2,1-4H3. The van der Waals surface area contributed by atoms with Gasteiger partial charge in [-0.15, -0.1) is 11.3 Å². The van der Waals surface area contributed by atoms with Gasteiger partial charge in [-0.3, -0.25) is 4.79 Å². The fourth-order valence-corrected chi connectivity index (χ4v) is 2.91. The summed E-state index contributed by atoms with van der Waals surface area (Å²) in [5, 5.41) is 3.13. The first kappa shape index (κ1) is 14.7. The van der Waals surface area contributed by atoms with Gasteiger partial charge in [-0.2, -0.15) is 0 Å². The van der Waals surface area contributed by atoms with E-state index in [9.17, 15) is 4.79 Å². The Labute approximate surface area is 123 Å². The molecule has 0 saturated carbocycles. The first-order valence-corrected chi connectivity index (χ1v) is 7.39. The summed E-state index contributed by atoms with van der Waals surface area (Å²) in [6, 6.07) is 5.57. The number of hydrogen-bond donors (Lipinski definition) is 0. The number of aldehydes is 1. The van der Waals surface area contributed by atoms with Crippen LogP contribution < -0.4 is 4.74 Å². The van der Waals surface area contributed by atoms with Crippen LogP contribution in [0.15, 0.2) is 23.6 Å². The predicted molar refractivity (Wildman–Crippen MR) is 82.0 cm³/mol. The molecule has 1 heterocycles. The summed E-state index contributed by atoms with van der Waals surface area (Å²) < 4.78 is 5.14. The molecule has 1 aromatic heterocycles. The van der Waals surface area contributed by atoms with Gasteiger partial charge in [0.05, 0.1) is 17.8 Å². The van der Waals surface area contributed by atoms with Crippen LogP contribution in [0.3, 0.4) is 0 Å². The van der Waals surface area contributed by atoms with Crippen LogP contribution in [0.4, 0.5) is 0 Å². The molecule has 0 unspecified atom stereocenters. The first-order chi connectivity index (χ1) is 9.44. The molecule has 0 amide bonds. The minimum absolute atomic E-state index is 0.0577. The molecule has 2 rings (SSSR count). The maximum atomic E-state index is 11.2. The van der Waals surface area contributed by atoms with E-state index in [1.807, 2.05) is 12.1 Å². The van der Waals surface area contributed by atoms with E-state index >= 15 is 0 Å².